The molecule has 0 bridgehead atoms. The summed E-state index contributed by atoms with van der Waals surface area (Å²) < 4.78 is 9.19. The van der Waals surface area contributed by atoms with E-state index in [2.05, 4.69) is 9.59 Å². The van der Waals surface area contributed by atoms with E-state index in [9.17, 15) is 4.79 Å². The van der Waals surface area contributed by atoms with Crippen LogP contribution >= 0.6 is 11.5 Å². The Bertz CT molecular complexity index is 467. The van der Waals surface area contributed by atoms with E-state index in [0.717, 1.165) is 4.88 Å². The summed E-state index contributed by atoms with van der Waals surface area (Å²) in [7, 11) is 0. The summed E-state index contributed by atoms with van der Waals surface area (Å²) in [4.78, 5) is 11.8. The number of amides is 1. The molecule has 0 saturated carbocycles. The molecule has 6 heteroatoms. The molecule has 0 aliphatic carbocycles. The summed E-state index contributed by atoms with van der Waals surface area (Å²) in [6, 6.07) is 6.66. The molecular formula is C10H9N3O2S. The van der Waals surface area contributed by atoms with Crippen LogP contribution in [0.1, 0.15) is 15.2 Å². The number of carbonyl (C=O) groups excluding carboxylic acids is 1. The summed E-state index contributed by atoms with van der Waals surface area (Å²) in [5, 5.41) is 3.70. The van der Waals surface area contributed by atoms with Crippen molar-refractivity contribution in [2.75, 3.05) is 0 Å². The highest BCUT2D eigenvalue weighted by Gasteiger charge is 2.01. The fraction of sp³-hybridized carbons (Fsp3) is 0.100. The minimum absolute atomic E-state index is 0.424. The smallest absolute Gasteiger partial charge is 0.248 e. The van der Waals surface area contributed by atoms with Crippen LogP contribution in [0.25, 0.3) is 0 Å². The molecule has 0 saturated heterocycles. The third-order valence-electron chi connectivity index (χ3n) is 1.93. The highest BCUT2D eigenvalue weighted by atomic mass is 32.1. The standard InChI is InChI=1S/C10H9N3O2S/c11-10(14)7-1-3-8(4-2-7)15-6-9-5-12-13-16-9/h1-5H,6H2,(H2,11,14). The van der Waals surface area contributed by atoms with E-state index in [1.165, 1.54) is 11.5 Å². The van der Waals surface area contributed by atoms with Crippen molar-refractivity contribution < 1.29 is 9.53 Å². The maximum Gasteiger partial charge on any atom is 0.248 e. The third kappa shape index (κ3) is 2.54. The highest BCUT2D eigenvalue weighted by molar-refractivity contribution is 7.05. The Kier molecular flexibility index (Phi) is 3.11. The molecule has 1 aromatic heterocycles. The number of nitrogens with zero attached hydrogens (tertiary/aromatic N) is 2. The average molecular weight is 235 g/mol. The number of benzene rings is 1. The Morgan fingerprint density at radius 1 is 1.38 bits per heavy atom. The van der Waals surface area contributed by atoms with Gasteiger partial charge in [-0.15, -0.1) is 5.10 Å². The van der Waals surface area contributed by atoms with Crippen molar-refractivity contribution >= 4 is 17.4 Å². The van der Waals surface area contributed by atoms with E-state index in [4.69, 9.17) is 10.5 Å². The van der Waals surface area contributed by atoms with Crippen molar-refractivity contribution in [3.8, 4) is 5.75 Å². The zero-order chi connectivity index (χ0) is 11.4. The van der Waals surface area contributed by atoms with Gasteiger partial charge in [0, 0.05) is 5.56 Å². The number of primary amides is 1. The van der Waals surface area contributed by atoms with E-state index >= 15 is 0 Å². The van der Waals surface area contributed by atoms with Crippen LogP contribution in [-0.4, -0.2) is 15.5 Å². The monoisotopic (exact) mass is 235 g/mol. The van der Waals surface area contributed by atoms with Gasteiger partial charge in [0.05, 0.1) is 11.1 Å². The van der Waals surface area contributed by atoms with Gasteiger partial charge in [-0.1, -0.05) is 4.49 Å². The van der Waals surface area contributed by atoms with Gasteiger partial charge in [-0.05, 0) is 35.8 Å². The lowest BCUT2D eigenvalue weighted by Gasteiger charge is -2.03. The first-order valence-corrected chi connectivity index (χ1v) is 5.32. The minimum atomic E-state index is -0.446. The first-order valence-electron chi connectivity index (χ1n) is 4.54. The van der Waals surface area contributed by atoms with E-state index in [1.807, 2.05) is 0 Å². The fourth-order valence-electron chi connectivity index (χ4n) is 1.12. The minimum Gasteiger partial charge on any atom is -0.488 e. The number of nitrogens with two attached hydrogens (primary N) is 1. The Morgan fingerprint density at radius 3 is 2.69 bits per heavy atom. The van der Waals surface area contributed by atoms with Crippen LogP contribution in [-0.2, 0) is 6.61 Å². The predicted octanol–water partition coefficient (Wildman–Crippen LogP) is 1.22. The lowest BCUT2D eigenvalue weighted by molar-refractivity contribution is 0.100. The number of carbonyl (C=O) groups is 1. The van der Waals surface area contributed by atoms with Gasteiger partial charge in [0.2, 0.25) is 5.91 Å². The predicted molar refractivity (Wildman–Crippen MR) is 59.2 cm³/mol. The summed E-state index contributed by atoms with van der Waals surface area (Å²) in [5.41, 5.74) is 5.58. The maximum atomic E-state index is 10.8. The highest BCUT2D eigenvalue weighted by Crippen LogP contribution is 2.14. The molecular weight excluding hydrogens is 226 g/mol. The number of rotatable bonds is 4. The Balaban J connectivity index is 1.98. The second kappa shape index (κ2) is 4.71. The Morgan fingerprint density at radius 2 is 2.12 bits per heavy atom. The third-order valence-corrected chi connectivity index (χ3v) is 2.56. The van der Waals surface area contributed by atoms with Gasteiger partial charge < -0.3 is 10.5 Å². The van der Waals surface area contributed by atoms with Crippen LogP contribution < -0.4 is 10.5 Å². The second-order valence-electron chi connectivity index (χ2n) is 3.06. The van der Waals surface area contributed by atoms with E-state index in [1.54, 1.807) is 30.5 Å². The van der Waals surface area contributed by atoms with Gasteiger partial charge in [-0.25, -0.2) is 0 Å². The Labute approximate surface area is 96.0 Å². The van der Waals surface area contributed by atoms with Crippen LogP contribution in [0.2, 0.25) is 0 Å². The molecule has 0 spiro atoms. The van der Waals surface area contributed by atoms with Crippen LogP contribution in [0.4, 0.5) is 0 Å². The lowest BCUT2D eigenvalue weighted by Crippen LogP contribution is -2.10. The summed E-state index contributed by atoms with van der Waals surface area (Å²) in [6.07, 6.45) is 1.66. The second-order valence-corrected chi connectivity index (χ2v) is 3.93. The normalized spacial score (nSPS) is 10.0. The van der Waals surface area contributed by atoms with Crippen LogP contribution in [0.3, 0.4) is 0 Å². The molecule has 0 unspecified atom stereocenters. The largest absolute Gasteiger partial charge is 0.488 e. The quantitative estimate of drug-likeness (QED) is 0.864. The van der Waals surface area contributed by atoms with Crippen molar-refractivity contribution in [1.82, 2.24) is 9.59 Å². The first kappa shape index (κ1) is 10.6. The van der Waals surface area contributed by atoms with Gasteiger partial charge in [-0.3, -0.25) is 4.79 Å². The van der Waals surface area contributed by atoms with Gasteiger partial charge in [0.25, 0.3) is 0 Å². The topological polar surface area (TPSA) is 78.1 Å². The number of hydrogen-bond acceptors (Lipinski definition) is 5. The number of aromatic nitrogens is 2. The molecule has 1 aromatic carbocycles. The first-order chi connectivity index (χ1) is 7.75. The molecule has 0 aliphatic heterocycles. The molecule has 5 nitrogen and oxygen atoms in total. The molecule has 1 amide bonds. The van der Waals surface area contributed by atoms with E-state index in [0.29, 0.717) is 17.9 Å². The molecule has 0 aliphatic rings. The SMILES string of the molecule is NC(=O)c1ccc(OCc2cnns2)cc1. The molecule has 0 radical (unpaired) electrons. The summed E-state index contributed by atoms with van der Waals surface area (Å²) in [5.74, 6) is 0.233. The van der Waals surface area contributed by atoms with Crippen LogP contribution in [0.5, 0.6) is 5.75 Å². The summed E-state index contributed by atoms with van der Waals surface area (Å²) in [6.45, 7) is 0.424. The molecule has 0 atom stereocenters. The summed E-state index contributed by atoms with van der Waals surface area (Å²) >= 11 is 1.29. The lowest BCUT2D eigenvalue weighted by atomic mass is 10.2. The number of ether oxygens (including phenoxy) is 1. The van der Waals surface area contributed by atoms with Crippen molar-refractivity contribution in [3.63, 3.8) is 0 Å². The van der Waals surface area contributed by atoms with E-state index < -0.39 is 5.91 Å². The molecule has 2 aromatic rings. The average Bonchev–Trinajstić information content (AvgIpc) is 2.80. The van der Waals surface area contributed by atoms with Gasteiger partial charge in [0.15, 0.2) is 0 Å². The van der Waals surface area contributed by atoms with E-state index in [-0.39, 0.29) is 0 Å². The molecule has 0 fully saturated rings. The Hall–Kier alpha value is -1.95. The van der Waals surface area contributed by atoms with Crippen molar-refractivity contribution in [3.05, 3.63) is 40.9 Å². The van der Waals surface area contributed by atoms with Crippen LogP contribution in [0.15, 0.2) is 30.5 Å². The van der Waals surface area contributed by atoms with Gasteiger partial charge in [0.1, 0.15) is 12.4 Å². The zero-order valence-electron chi connectivity index (χ0n) is 8.29. The zero-order valence-corrected chi connectivity index (χ0v) is 9.11. The molecule has 16 heavy (non-hydrogen) atoms. The van der Waals surface area contributed by atoms with Gasteiger partial charge >= 0.3 is 0 Å². The van der Waals surface area contributed by atoms with Crippen LogP contribution in [0, 0.1) is 0 Å². The fourth-order valence-corrected chi connectivity index (χ4v) is 1.53. The molecule has 2 rings (SSSR count). The molecule has 82 valence electrons. The number of hydrogen-bond donors (Lipinski definition) is 1. The van der Waals surface area contributed by atoms with Crippen molar-refractivity contribution in [1.29, 1.82) is 0 Å². The maximum absolute atomic E-state index is 10.8. The molecule has 1 heterocycles. The van der Waals surface area contributed by atoms with Gasteiger partial charge in [-0.2, -0.15) is 0 Å². The van der Waals surface area contributed by atoms with Crippen molar-refractivity contribution in [2.24, 2.45) is 5.73 Å². The molecule has 2 N–H and O–H groups in total. The van der Waals surface area contributed by atoms with Crippen molar-refractivity contribution in [2.45, 2.75) is 6.61 Å².